The monoisotopic (exact) mass is 245 g/mol. The quantitative estimate of drug-likeness (QED) is 0.780. The number of rotatable bonds is 3. The van der Waals surface area contributed by atoms with Gasteiger partial charge < -0.3 is 14.0 Å². The summed E-state index contributed by atoms with van der Waals surface area (Å²) in [7, 11) is 2.96. The van der Waals surface area contributed by atoms with Gasteiger partial charge in [0, 0.05) is 12.4 Å². The van der Waals surface area contributed by atoms with Gasteiger partial charge in [-0.3, -0.25) is 0 Å². The van der Waals surface area contributed by atoms with Crippen LogP contribution in [0, 0.1) is 6.92 Å². The Morgan fingerprint density at radius 2 is 1.83 bits per heavy atom. The van der Waals surface area contributed by atoms with Crippen LogP contribution in [-0.4, -0.2) is 24.8 Å². The minimum atomic E-state index is -0.378. The van der Waals surface area contributed by atoms with Crippen LogP contribution >= 0.6 is 0 Å². The number of ether oxygens (including phenoxy) is 2. The molecule has 94 valence electrons. The van der Waals surface area contributed by atoms with Crippen molar-refractivity contribution in [1.82, 2.24) is 4.57 Å². The molecule has 0 unspecified atom stereocenters. The van der Waals surface area contributed by atoms with E-state index in [0.29, 0.717) is 17.0 Å². The maximum absolute atomic E-state index is 11.8. The first-order valence-electron chi connectivity index (χ1n) is 5.58. The topological polar surface area (TPSA) is 40.5 Å². The number of carbonyl (C=O) groups is 1. The van der Waals surface area contributed by atoms with Crippen LogP contribution in [0.2, 0.25) is 0 Å². The third kappa shape index (κ3) is 1.97. The van der Waals surface area contributed by atoms with Crippen LogP contribution in [0.4, 0.5) is 0 Å². The summed E-state index contributed by atoms with van der Waals surface area (Å²) < 4.78 is 12.1. The van der Waals surface area contributed by atoms with E-state index in [2.05, 4.69) is 0 Å². The molecule has 4 heteroatoms. The molecule has 0 aliphatic rings. The van der Waals surface area contributed by atoms with Crippen molar-refractivity contribution in [2.45, 2.75) is 6.92 Å². The summed E-state index contributed by atoms with van der Waals surface area (Å²) in [5, 5.41) is 0. The molecule has 4 nitrogen and oxygen atoms in total. The molecule has 1 heterocycles. The van der Waals surface area contributed by atoms with Crippen LogP contribution < -0.4 is 4.74 Å². The maximum Gasteiger partial charge on any atom is 0.340 e. The zero-order valence-electron chi connectivity index (χ0n) is 10.6. The second-order valence-electron chi connectivity index (χ2n) is 3.89. The highest BCUT2D eigenvalue weighted by Crippen LogP contribution is 2.31. The van der Waals surface area contributed by atoms with Crippen molar-refractivity contribution in [3.05, 3.63) is 47.8 Å². The van der Waals surface area contributed by atoms with Gasteiger partial charge in [0.15, 0.2) is 0 Å². The molecule has 0 spiro atoms. The van der Waals surface area contributed by atoms with Gasteiger partial charge in [0.1, 0.15) is 11.4 Å². The summed E-state index contributed by atoms with van der Waals surface area (Å²) in [5.41, 5.74) is 2.15. The molecule has 2 rings (SSSR count). The minimum absolute atomic E-state index is 0.378. The Morgan fingerprint density at radius 3 is 2.39 bits per heavy atom. The first-order valence-corrected chi connectivity index (χ1v) is 5.58. The summed E-state index contributed by atoms with van der Waals surface area (Å²) in [6, 6.07) is 7.38. The number of carbonyl (C=O) groups excluding carboxylic acids is 1. The van der Waals surface area contributed by atoms with E-state index in [-0.39, 0.29) is 5.97 Å². The molecule has 1 aromatic carbocycles. The highest BCUT2D eigenvalue weighted by molar-refractivity contribution is 5.95. The van der Waals surface area contributed by atoms with Crippen LogP contribution in [0.1, 0.15) is 15.9 Å². The summed E-state index contributed by atoms with van der Waals surface area (Å²) in [6.07, 6.45) is 3.73. The zero-order chi connectivity index (χ0) is 13.1. The standard InChI is InChI=1S/C14H15NO3/c1-10-6-7-11(14(16)18-3)12(13(10)17-2)15-8-4-5-9-15/h4-9H,1-3H3. The van der Waals surface area contributed by atoms with Gasteiger partial charge in [-0.15, -0.1) is 0 Å². The predicted molar refractivity (Wildman–Crippen MR) is 68.4 cm³/mol. The van der Waals surface area contributed by atoms with Gasteiger partial charge >= 0.3 is 5.97 Å². The van der Waals surface area contributed by atoms with Gasteiger partial charge in [-0.2, -0.15) is 0 Å². The van der Waals surface area contributed by atoms with Crippen molar-refractivity contribution >= 4 is 5.97 Å². The molecule has 2 aromatic rings. The molecule has 0 amide bonds. The number of methoxy groups -OCH3 is 2. The zero-order valence-corrected chi connectivity index (χ0v) is 10.6. The molecule has 0 radical (unpaired) electrons. The minimum Gasteiger partial charge on any atom is -0.494 e. The van der Waals surface area contributed by atoms with E-state index in [1.165, 1.54) is 7.11 Å². The van der Waals surface area contributed by atoms with Gasteiger partial charge in [0.2, 0.25) is 0 Å². The van der Waals surface area contributed by atoms with Crippen molar-refractivity contribution in [1.29, 1.82) is 0 Å². The van der Waals surface area contributed by atoms with Gasteiger partial charge in [-0.05, 0) is 30.7 Å². The average Bonchev–Trinajstić information content (AvgIpc) is 2.91. The number of hydrogen-bond donors (Lipinski definition) is 0. The lowest BCUT2D eigenvalue weighted by molar-refractivity contribution is 0.0600. The third-order valence-corrected chi connectivity index (χ3v) is 2.80. The summed E-state index contributed by atoms with van der Waals surface area (Å²) in [6.45, 7) is 1.94. The first-order chi connectivity index (χ1) is 8.69. The lowest BCUT2D eigenvalue weighted by Gasteiger charge is -2.15. The Labute approximate surface area is 106 Å². The fourth-order valence-corrected chi connectivity index (χ4v) is 1.94. The van der Waals surface area contributed by atoms with E-state index in [1.54, 1.807) is 13.2 Å². The molecular weight excluding hydrogens is 230 g/mol. The average molecular weight is 245 g/mol. The maximum atomic E-state index is 11.8. The molecular formula is C14H15NO3. The van der Waals surface area contributed by atoms with E-state index in [9.17, 15) is 4.79 Å². The van der Waals surface area contributed by atoms with Gasteiger partial charge in [0.25, 0.3) is 0 Å². The number of nitrogens with zero attached hydrogens (tertiary/aromatic N) is 1. The largest absolute Gasteiger partial charge is 0.494 e. The molecule has 0 bridgehead atoms. The SMILES string of the molecule is COC(=O)c1ccc(C)c(OC)c1-n1cccc1. The van der Waals surface area contributed by atoms with Crippen LogP contribution in [0.3, 0.4) is 0 Å². The van der Waals surface area contributed by atoms with E-state index in [1.807, 2.05) is 42.1 Å². The molecule has 18 heavy (non-hydrogen) atoms. The van der Waals surface area contributed by atoms with E-state index >= 15 is 0 Å². The second kappa shape index (κ2) is 4.96. The van der Waals surface area contributed by atoms with E-state index in [4.69, 9.17) is 9.47 Å². The molecule has 0 saturated heterocycles. The number of hydrogen-bond acceptors (Lipinski definition) is 3. The fraction of sp³-hybridized carbons (Fsp3) is 0.214. The number of aryl methyl sites for hydroxylation is 1. The van der Waals surface area contributed by atoms with E-state index in [0.717, 1.165) is 5.56 Å². The van der Waals surface area contributed by atoms with Crippen molar-refractivity contribution in [3.63, 3.8) is 0 Å². The Kier molecular flexibility index (Phi) is 3.37. The van der Waals surface area contributed by atoms with Crippen LogP contribution in [0.15, 0.2) is 36.7 Å². The molecule has 0 saturated carbocycles. The fourth-order valence-electron chi connectivity index (χ4n) is 1.94. The van der Waals surface area contributed by atoms with Gasteiger partial charge in [0.05, 0.1) is 19.8 Å². The lowest BCUT2D eigenvalue weighted by Crippen LogP contribution is -2.09. The Bertz CT molecular complexity index is 559. The molecule has 0 N–H and O–H groups in total. The van der Waals surface area contributed by atoms with Crippen LogP contribution in [0.25, 0.3) is 5.69 Å². The van der Waals surface area contributed by atoms with Crippen molar-refractivity contribution < 1.29 is 14.3 Å². The Hall–Kier alpha value is -2.23. The number of esters is 1. The molecule has 0 atom stereocenters. The third-order valence-electron chi connectivity index (χ3n) is 2.80. The van der Waals surface area contributed by atoms with Gasteiger partial charge in [-0.1, -0.05) is 6.07 Å². The van der Waals surface area contributed by atoms with Gasteiger partial charge in [-0.25, -0.2) is 4.79 Å². The Morgan fingerprint density at radius 1 is 1.17 bits per heavy atom. The predicted octanol–water partition coefficient (Wildman–Crippen LogP) is 2.58. The normalized spacial score (nSPS) is 10.2. The van der Waals surface area contributed by atoms with Crippen LogP contribution in [0.5, 0.6) is 5.75 Å². The highest BCUT2D eigenvalue weighted by atomic mass is 16.5. The summed E-state index contributed by atoms with van der Waals surface area (Å²) in [5.74, 6) is 0.297. The van der Waals surface area contributed by atoms with Crippen LogP contribution in [-0.2, 0) is 4.74 Å². The molecule has 1 aromatic heterocycles. The van der Waals surface area contributed by atoms with Crippen molar-refractivity contribution in [3.8, 4) is 11.4 Å². The molecule has 0 fully saturated rings. The number of aromatic nitrogens is 1. The highest BCUT2D eigenvalue weighted by Gasteiger charge is 2.19. The molecule has 0 aliphatic carbocycles. The summed E-state index contributed by atoms with van der Waals surface area (Å²) in [4.78, 5) is 11.8. The Balaban J connectivity index is 2.72. The lowest BCUT2D eigenvalue weighted by atomic mass is 10.1. The second-order valence-corrected chi connectivity index (χ2v) is 3.89. The van der Waals surface area contributed by atoms with E-state index < -0.39 is 0 Å². The first kappa shape index (κ1) is 12.2. The van der Waals surface area contributed by atoms with Crippen molar-refractivity contribution in [2.75, 3.05) is 14.2 Å². The molecule has 0 aliphatic heterocycles. The summed E-state index contributed by atoms with van der Waals surface area (Å²) >= 11 is 0. The smallest absolute Gasteiger partial charge is 0.340 e. The van der Waals surface area contributed by atoms with Crippen molar-refractivity contribution in [2.24, 2.45) is 0 Å². The number of benzene rings is 1.